The van der Waals surface area contributed by atoms with Gasteiger partial charge in [0.15, 0.2) is 11.6 Å². The number of benzene rings is 16. The molecular formula is C104H66N8. The summed E-state index contributed by atoms with van der Waals surface area (Å²) in [5.41, 5.74) is 28.7. The lowest BCUT2D eigenvalue weighted by molar-refractivity contribution is 1.15. The first kappa shape index (κ1) is 64.1. The van der Waals surface area contributed by atoms with Gasteiger partial charge in [-0.05, 0) is 137 Å². The molecule has 0 atom stereocenters. The highest BCUT2D eigenvalue weighted by Gasteiger charge is 2.26. The van der Waals surface area contributed by atoms with E-state index in [0.29, 0.717) is 11.6 Å². The molecule has 0 aliphatic rings. The summed E-state index contributed by atoms with van der Waals surface area (Å²) in [7, 11) is 0. The summed E-state index contributed by atoms with van der Waals surface area (Å²) < 4.78 is 9.69. The molecule has 0 unspecified atom stereocenters. The van der Waals surface area contributed by atoms with E-state index in [1.165, 1.54) is 54.4 Å². The van der Waals surface area contributed by atoms with Gasteiger partial charge < -0.3 is 18.3 Å². The topological polar surface area (TPSA) is 71.3 Å². The third-order valence-corrected chi connectivity index (χ3v) is 22.4. The van der Waals surface area contributed by atoms with E-state index in [1.807, 2.05) is 6.07 Å². The highest BCUT2D eigenvalue weighted by molar-refractivity contribution is 6.19. The first-order chi connectivity index (χ1) is 55.6. The minimum Gasteiger partial charge on any atom is -0.309 e. The molecule has 0 amide bonds. The van der Waals surface area contributed by atoms with Crippen LogP contribution < -0.4 is 0 Å². The summed E-state index contributed by atoms with van der Waals surface area (Å²) in [6.45, 7) is 0. The quantitative estimate of drug-likeness (QED) is 0.115. The number of fused-ring (bicyclic) bond motifs is 12. The molecule has 0 N–H and O–H groups in total. The highest BCUT2D eigenvalue weighted by Crippen LogP contribution is 2.47. The summed E-state index contributed by atoms with van der Waals surface area (Å²) in [5.74, 6) is 1.24. The maximum atomic E-state index is 5.74. The molecule has 0 saturated heterocycles. The lowest BCUT2D eigenvalue weighted by Crippen LogP contribution is -2.03. The third kappa shape index (κ3) is 10.6. The fourth-order valence-electron chi connectivity index (χ4n) is 17.4. The molecule has 112 heavy (non-hydrogen) atoms. The number of rotatable bonds is 13. The van der Waals surface area contributed by atoms with E-state index in [-0.39, 0.29) is 0 Å². The minimum atomic E-state index is 0.599. The van der Waals surface area contributed by atoms with E-state index in [2.05, 4.69) is 413 Å². The second-order valence-corrected chi connectivity index (χ2v) is 28.8. The normalized spacial score (nSPS) is 11.8. The zero-order valence-corrected chi connectivity index (χ0v) is 60.7. The number of nitrogens with zero attached hydrogens (tertiary/aromatic N) is 8. The molecule has 0 aliphatic carbocycles. The molecule has 0 aliphatic heterocycles. The minimum absolute atomic E-state index is 0.599. The van der Waals surface area contributed by atoms with E-state index in [9.17, 15) is 0 Å². The van der Waals surface area contributed by atoms with Crippen LogP contribution in [-0.4, -0.2) is 38.2 Å². The summed E-state index contributed by atoms with van der Waals surface area (Å²) in [6.07, 6.45) is 0. The van der Waals surface area contributed by atoms with Gasteiger partial charge in [-0.1, -0.05) is 291 Å². The van der Waals surface area contributed by atoms with Crippen molar-refractivity contribution in [2.75, 3.05) is 0 Å². The van der Waals surface area contributed by atoms with Crippen LogP contribution in [0.5, 0.6) is 0 Å². The van der Waals surface area contributed by atoms with Gasteiger partial charge in [-0.25, -0.2) is 19.9 Å². The van der Waals surface area contributed by atoms with Gasteiger partial charge in [0.2, 0.25) is 0 Å². The Hall–Kier alpha value is -15.1. The van der Waals surface area contributed by atoms with Crippen molar-refractivity contribution in [2.45, 2.75) is 0 Å². The van der Waals surface area contributed by atoms with E-state index in [4.69, 9.17) is 19.9 Å². The summed E-state index contributed by atoms with van der Waals surface area (Å²) in [4.78, 5) is 22.2. The van der Waals surface area contributed by atoms with Crippen LogP contribution in [0.15, 0.2) is 400 Å². The van der Waals surface area contributed by atoms with Crippen molar-refractivity contribution >= 4 is 87.2 Å². The lowest BCUT2D eigenvalue weighted by Gasteiger charge is -2.20. The van der Waals surface area contributed by atoms with Crippen LogP contribution in [0.1, 0.15) is 0 Å². The Morgan fingerprint density at radius 1 is 0.170 bits per heavy atom. The molecule has 22 aromatic rings. The standard InChI is InChI=1S/C104H66N8/c1-6-29-67(30-7-1)88-65-90(83-44-19-24-52-95(83)111-96-53-25-20-45-85(96)101-77(46-28-54-99(101)111)73-57-60-97-87(63-73)80-42-17-22-50-93(80)109(97)75-37-12-4-13-38-75)107-104(106-88)74-36-26-35-72(61-74)78-47-27-48-84(91-66-89(68-31-8-2-9-32-68)105-103(108-91)69-33-10-3-11-34-69)102(78)112-94-51-23-18-43-81(94)86-62-70(56-59-98(86)112)71-55-58-82-79-41-16-21-49-92(79)110(100(82)64-71)76-39-14-5-15-40-76/h1-66H. The lowest BCUT2D eigenvalue weighted by atomic mass is 9.95. The molecule has 0 fully saturated rings. The Labute approximate surface area is 645 Å². The fraction of sp³-hybridized carbons (Fsp3) is 0. The predicted octanol–water partition coefficient (Wildman–Crippen LogP) is 26.7. The second kappa shape index (κ2) is 26.4. The van der Waals surface area contributed by atoms with Gasteiger partial charge in [-0.3, -0.25) is 0 Å². The van der Waals surface area contributed by atoms with Crippen LogP contribution in [0.25, 0.3) is 211 Å². The van der Waals surface area contributed by atoms with Crippen molar-refractivity contribution in [2.24, 2.45) is 0 Å². The fourth-order valence-corrected chi connectivity index (χ4v) is 17.4. The Kier molecular flexibility index (Phi) is 15.1. The average Bonchev–Trinajstić information content (AvgIpc) is 1.59. The molecule has 22 rings (SSSR count). The maximum absolute atomic E-state index is 5.74. The molecule has 0 saturated carbocycles. The third-order valence-electron chi connectivity index (χ3n) is 22.4. The molecular weight excluding hydrogens is 1360 g/mol. The molecule has 8 nitrogen and oxygen atoms in total. The Balaban J connectivity index is 0.724. The average molecular weight is 1430 g/mol. The number of hydrogen-bond donors (Lipinski definition) is 0. The second-order valence-electron chi connectivity index (χ2n) is 28.8. The summed E-state index contributed by atoms with van der Waals surface area (Å²) in [6, 6.07) is 144. The van der Waals surface area contributed by atoms with Crippen LogP contribution in [0.3, 0.4) is 0 Å². The van der Waals surface area contributed by atoms with E-state index < -0.39 is 0 Å². The van der Waals surface area contributed by atoms with Gasteiger partial charge in [0, 0.05) is 93.4 Å². The Bertz CT molecular complexity index is 7420. The van der Waals surface area contributed by atoms with Crippen molar-refractivity contribution in [1.29, 1.82) is 0 Å². The number of para-hydroxylation sites is 8. The predicted molar refractivity (Wildman–Crippen MR) is 464 cm³/mol. The molecule has 8 heteroatoms. The van der Waals surface area contributed by atoms with Gasteiger partial charge in [0.25, 0.3) is 0 Å². The summed E-state index contributed by atoms with van der Waals surface area (Å²) >= 11 is 0. The zero-order chi connectivity index (χ0) is 73.7. The van der Waals surface area contributed by atoms with E-state index >= 15 is 0 Å². The van der Waals surface area contributed by atoms with Crippen molar-refractivity contribution in [3.05, 3.63) is 400 Å². The Morgan fingerprint density at radius 3 is 1.19 bits per heavy atom. The largest absolute Gasteiger partial charge is 0.309 e. The molecule has 0 spiro atoms. The van der Waals surface area contributed by atoms with Crippen molar-refractivity contribution in [1.82, 2.24) is 38.2 Å². The molecule has 0 bridgehead atoms. The van der Waals surface area contributed by atoms with Gasteiger partial charge in [-0.15, -0.1) is 0 Å². The van der Waals surface area contributed by atoms with Gasteiger partial charge >= 0.3 is 0 Å². The molecule has 0 radical (unpaired) electrons. The van der Waals surface area contributed by atoms with Crippen LogP contribution in [0, 0.1) is 0 Å². The smallest absolute Gasteiger partial charge is 0.160 e. The Morgan fingerprint density at radius 2 is 0.545 bits per heavy atom. The monoisotopic (exact) mass is 1430 g/mol. The van der Waals surface area contributed by atoms with Crippen LogP contribution >= 0.6 is 0 Å². The maximum Gasteiger partial charge on any atom is 0.160 e. The van der Waals surface area contributed by atoms with E-state index in [0.717, 1.165) is 145 Å². The molecule has 522 valence electrons. The number of aromatic nitrogens is 8. The highest BCUT2D eigenvalue weighted by atomic mass is 15.0. The SMILES string of the molecule is c1ccc(-c2cc(-c3ccccc3-n3c4ccccc4c4c(-c5ccc6c(c5)c5ccccc5n6-c5ccccc5)cccc43)nc(-c3cccc(-c4cccc(-c5cc(-c6ccccc6)nc(-c6ccccc6)n5)c4-n4c5ccccc5c5cc(-c6ccc7c8ccccc8n(-c8ccccc8)c7c6)ccc54)c3)n2)cc1. The molecule has 6 aromatic heterocycles. The van der Waals surface area contributed by atoms with Gasteiger partial charge in [-0.2, -0.15) is 0 Å². The van der Waals surface area contributed by atoms with Gasteiger partial charge in [0.1, 0.15) is 0 Å². The van der Waals surface area contributed by atoms with Crippen molar-refractivity contribution in [3.8, 4) is 124 Å². The van der Waals surface area contributed by atoms with Crippen LogP contribution in [0.2, 0.25) is 0 Å². The van der Waals surface area contributed by atoms with Crippen LogP contribution in [0.4, 0.5) is 0 Å². The van der Waals surface area contributed by atoms with E-state index in [1.54, 1.807) is 0 Å². The summed E-state index contributed by atoms with van der Waals surface area (Å²) in [5, 5.41) is 9.48. The molecule has 16 aromatic carbocycles. The zero-order valence-electron chi connectivity index (χ0n) is 60.7. The number of hydrogen-bond acceptors (Lipinski definition) is 4. The first-order valence-electron chi connectivity index (χ1n) is 38.1. The van der Waals surface area contributed by atoms with Gasteiger partial charge in [0.05, 0.1) is 78.3 Å². The van der Waals surface area contributed by atoms with Crippen LogP contribution in [-0.2, 0) is 0 Å². The molecule has 6 heterocycles. The van der Waals surface area contributed by atoms with Crippen molar-refractivity contribution < 1.29 is 0 Å². The first-order valence-corrected chi connectivity index (χ1v) is 38.1. The van der Waals surface area contributed by atoms with Crippen molar-refractivity contribution in [3.63, 3.8) is 0 Å².